The SMILES string of the molecule is O.O.O.O.O.O=S(=O)([O-])[O-].O=S(=O)([O-])[O-].O=S(=O)([O-])[O-].O=S(=O)([O-])[O-].O=S(=O)([O-])[O-].[O-2].[O-2].[O-2].[O-2].[O-2].[V+5].[V+5].[V+5].[V+5]. The zero-order valence-electron chi connectivity index (χ0n) is 16.5. The van der Waals surface area contributed by atoms with E-state index in [2.05, 4.69) is 0 Å². The van der Waals surface area contributed by atoms with Gasteiger partial charge in [-0.1, -0.05) is 0 Å². The summed E-state index contributed by atoms with van der Waals surface area (Å²) in [5.74, 6) is 0. The monoisotopic (exact) mass is 854 g/mol. The number of hydrogen-bond acceptors (Lipinski definition) is 20. The molecule has 0 aliphatic heterocycles. The first-order chi connectivity index (χ1) is 10.0. The molecular formula is H10O30S5V4. The maximum absolute atomic E-state index is 8.52. The maximum atomic E-state index is 8.52. The predicted molar refractivity (Wildman–Crippen MR) is 73.9 cm³/mol. The summed E-state index contributed by atoms with van der Waals surface area (Å²) in [6.45, 7) is 0. The molecule has 0 heterocycles. The van der Waals surface area contributed by atoms with Crippen molar-refractivity contribution in [2.75, 3.05) is 0 Å². The molecule has 0 aliphatic carbocycles. The predicted octanol–water partition coefficient (Wildman–Crippen LogP) is -11.4. The normalized spacial score (nSPS) is 7.44. The minimum atomic E-state index is -5.17. The number of hydrogen-bond donors (Lipinski definition) is 0. The molecule has 0 radical (unpaired) electrons. The fraction of sp³-hybridized carbons (Fsp3) is 0. The van der Waals surface area contributed by atoms with Crippen LogP contribution in [0.4, 0.5) is 0 Å². The van der Waals surface area contributed by atoms with Crippen molar-refractivity contribution in [1.82, 2.24) is 0 Å². The van der Waals surface area contributed by atoms with E-state index >= 15 is 0 Å². The molecule has 39 heavy (non-hydrogen) atoms. The van der Waals surface area contributed by atoms with Crippen LogP contribution in [0.15, 0.2) is 0 Å². The molecule has 0 aromatic rings. The zero-order chi connectivity index (χ0) is 22.5. The van der Waals surface area contributed by atoms with E-state index in [1.54, 1.807) is 0 Å². The largest absolute Gasteiger partial charge is 5.00 e. The Morgan fingerprint density at radius 3 is 0.231 bits per heavy atom. The summed E-state index contributed by atoms with van der Waals surface area (Å²) in [6, 6.07) is 0. The topological polar surface area (TPSA) is 701 Å². The van der Waals surface area contributed by atoms with Gasteiger partial charge < -0.3 is 100 Å². The Bertz CT molecular complexity index is 629. The van der Waals surface area contributed by atoms with Crippen molar-refractivity contribution in [3.05, 3.63) is 0 Å². The fourth-order valence-corrected chi connectivity index (χ4v) is 0. The van der Waals surface area contributed by atoms with Crippen LogP contribution < -0.4 is 0 Å². The summed E-state index contributed by atoms with van der Waals surface area (Å²) >= 11 is 0. The van der Waals surface area contributed by atoms with E-state index in [1.807, 2.05) is 0 Å². The van der Waals surface area contributed by atoms with Crippen LogP contribution in [0, 0.1) is 0 Å². The van der Waals surface area contributed by atoms with E-state index < -0.39 is 52.0 Å². The van der Waals surface area contributed by atoms with Crippen molar-refractivity contribution in [2.24, 2.45) is 0 Å². The molecule has 0 amide bonds. The van der Waals surface area contributed by atoms with Gasteiger partial charge in [0.05, 0.1) is 0 Å². The summed E-state index contributed by atoms with van der Waals surface area (Å²) in [5, 5.41) is 0. The van der Waals surface area contributed by atoms with Crippen LogP contribution in [0.2, 0.25) is 0 Å². The van der Waals surface area contributed by atoms with Crippen LogP contribution in [0.1, 0.15) is 0 Å². The molecule has 0 saturated heterocycles. The minimum Gasteiger partial charge on any atom is -2.00 e. The smallest absolute Gasteiger partial charge is 2.00 e. The maximum Gasteiger partial charge on any atom is 5.00 e. The van der Waals surface area contributed by atoms with Gasteiger partial charge in [-0.25, -0.2) is 0 Å². The quantitative estimate of drug-likeness (QED) is 0.161. The van der Waals surface area contributed by atoms with E-state index in [0.29, 0.717) is 0 Å². The molecule has 0 rings (SSSR count). The third-order valence-corrected chi connectivity index (χ3v) is 0. The second-order valence-electron chi connectivity index (χ2n) is 2.04. The first-order valence-corrected chi connectivity index (χ1v) is 10.0. The van der Waals surface area contributed by atoms with Gasteiger partial charge in [-0.2, -0.15) is 0 Å². The summed E-state index contributed by atoms with van der Waals surface area (Å²) in [4.78, 5) is 0. The molecule has 0 unspecified atom stereocenters. The van der Waals surface area contributed by atoms with E-state index in [4.69, 9.17) is 87.6 Å². The van der Waals surface area contributed by atoms with Crippen molar-refractivity contribution in [1.29, 1.82) is 0 Å². The van der Waals surface area contributed by atoms with Gasteiger partial charge >= 0.3 is 74.2 Å². The summed E-state index contributed by atoms with van der Waals surface area (Å²) in [6.07, 6.45) is 0. The van der Waals surface area contributed by atoms with Gasteiger partial charge in [-0.3, -0.25) is 42.1 Å². The van der Waals surface area contributed by atoms with E-state index in [0.717, 1.165) is 0 Å². The molecule has 10 N–H and O–H groups in total. The summed E-state index contributed by atoms with van der Waals surface area (Å²) in [5.41, 5.74) is 0. The molecular weight excluding hydrogens is 844 g/mol. The Hall–Kier alpha value is 1.29. The molecule has 0 fully saturated rings. The third-order valence-electron chi connectivity index (χ3n) is 0. The van der Waals surface area contributed by atoms with Crippen LogP contribution in [-0.2, 0) is 154 Å². The van der Waals surface area contributed by atoms with Crippen LogP contribution in [0.25, 0.3) is 0 Å². The Morgan fingerprint density at radius 1 is 0.231 bits per heavy atom. The first kappa shape index (κ1) is 137. The molecule has 39 heteroatoms. The van der Waals surface area contributed by atoms with Gasteiger partial charge in [0.2, 0.25) is 0 Å². The van der Waals surface area contributed by atoms with Crippen LogP contribution in [-0.4, -0.2) is 115 Å². The van der Waals surface area contributed by atoms with E-state index in [1.165, 1.54) is 0 Å². The van der Waals surface area contributed by atoms with Gasteiger partial charge in [-0.05, 0) is 0 Å². The fourth-order valence-electron chi connectivity index (χ4n) is 0. The average Bonchev–Trinajstić information content (AvgIpc) is 1.79. The third kappa shape index (κ3) is 32900. The van der Waals surface area contributed by atoms with Gasteiger partial charge in [-0.15, -0.1) is 0 Å². The Kier molecular flexibility index (Phi) is 207. The molecule has 0 saturated carbocycles. The molecule has 30 nitrogen and oxygen atoms in total. The van der Waals surface area contributed by atoms with Crippen LogP contribution >= 0.6 is 0 Å². The Balaban J connectivity index is -0.00000000692. The van der Waals surface area contributed by atoms with Crippen LogP contribution in [0.5, 0.6) is 0 Å². The summed E-state index contributed by atoms with van der Waals surface area (Å²) < 4.78 is 170. The first-order valence-electron chi connectivity index (χ1n) is 3.33. The Morgan fingerprint density at radius 2 is 0.231 bits per heavy atom. The Labute approximate surface area is 266 Å². The van der Waals surface area contributed by atoms with Gasteiger partial charge in [0.15, 0.2) is 0 Å². The van der Waals surface area contributed by atoms with Crippen molar-refractivity contribution in [2.45, 2.75) is 0 Å². The van der Waals surface area contributed by atoms with Crippen molar-refractivity contribution in [3.63, 3.8) is 0 Å². The van der Waals surface area contributed by atoms with Crippen molar-refractivity contribution >= 4 is 52.0 Å². The number of rotatable bonds is 0. The second-order valence-corrected chi connectivity index (χ2v) is 6.12. The van der Waals surface area contributed by atoms with Crippen LogP contribution in [0.3, 0.4) is 0 Å². The van der Waals surface area contributed by atoms with Gasteiger partial charge in [0.1, 0.15) is 0 Å². The molecule has 240 valence electrons. The molecule has 0 spiro atoms. The van der Waals surface area contributed by atoms with Gasteiger partial charge in [0.25, 0.3) is 0 Å². The van der Waals surface area contributed by atoms with Crippen molar-refractivity contribution in [3.8, 4) is 0 Å². The second kappa shape index (κ2) is 58.8. The molecule has 0 atom stereocenters. The standard InChI is InChI=1S/5H2O4S.5H2O.5O.4V/c5*1-5(2,3)4;;;;;;;;;;;;;;/h5*(H2,1,2,3,4);5*1H2;;;;;;;;;/q;;;;;;;;;;5*-2;4*+5/p-10. The van der Waals surface area contributed by atoms with E-state index in [9.17, 15) is 0 Å². The zero-order valence-corrected chi connectivity index (χ0v) is 26.2. The van der Waals surface area contributed by atoms with Crippen molar-refractivity contribution < 1.29 is 217 Å². The minimum absolute atomic E-state index is 0. The molecule has 0 aliphatic rings. The van der Waals surface area contributed by atoms with Gasteiger partial charge in [0, 0.05) is 52.0 Å². The molecule has 0 aromatic carbocycles. The average molecular weight is 854 g/mol. The molecule has 0 bridgehead atoms. The molecule has 0 aromatic heterocycles. The summed E-state index contributed by atoms with van der Waals surface area (Å²) in [7, 11) is -25.8. The van der Waals surface area contributed by atoms with E-state index in [-0.39, 0.29) is 129 Å².